The second-order valence-corrected chi connectivity index (χ2v) is 11.4. The van der Waals surface area contributed by atoms with Crippen LogP contribution in [0.1, 0.15) is 87.1 Å². The minimum atomic E-state index is -0.307. The molecule has 8 nitrogen and oxygen atoms in total. The third kappa shape index (κ3) is 4.81. The lowest BCUT2D eigenvalue weighted by Crippen LogP contribution is -2.41. The summed E-state index contributed by atoms with van der Waals surface area (Å²) in [5, 5.41) is 11.1. The van der Waals surface area contributed by atoms with Gasteiger partial charge >= 0.3 is 14.2 Å². The average molecular weight is 456 g/mol. The van der Waals surface area contributed by atoms with Crippen LogP contribution < -0.4 is 10.9 Å². The van der Waals surface area contributed by atoms with E-state index in [0.29, 0.717) is 6.04 Å². The molecule has 1 aliphatic carbocycles. The van der Waals surface area contributed by atoms with Crippen LogP contribution in [0.3, 0.4) is 0 Å². The first kappa shape index (κ1) is 24.5. The first-order chi connectivity index (χ1) is 15.3. The number of nitrogens with one attached hydrogen (secondary N) is 1. The van der Waals surface area contributed by atoms with Gasteiger partial charge in [0.2, 0.25) is 0 Å². The number of nitrogens with zero attached hydrogens (tertiary/aromatic N) is 3. The van der Waals surface area contributed by atoms with Gasteiger partial charge in [0.25, 0.3) is 0 Å². The fraction of sp³-hybridized carbons (Fsp3) is 0.739. The molecule has 1 N–H and O–H groups in total. The summed E-state index contributed by atoms with van der Waals surface area (Å²) in [5.74, 6) is 0. The van der Waals surface area contributed by atoms with Gasteiger partial charge in [-0.2, -0.15) is 10.2 Å². The van der Waals surface area contributed by atoms with Crippen molar-refractivity contribution in [2.75, 3.05) is 0 Å². The van der Waals surface area contributed by atoms with E-state index in [2.05, 4.69) is 53.9 Å². The molecule has 10 heteroatoms. The minimum Gasteiger partial charge on any atom is -0.399 e. The molecule has 4 heterocycles. The first-order valence-electron chi connectivity index (χ1n) is 12.1. The molecule has 0 bridgehead atoms. The van der Waals surface area contributed by atoms with Crippen LogP contribution in [-0.4, -0.2) is 56.6 Å². The van der Waals surface area contributed by atoms with Crippen molar-refractivity contribution in [2.24, 2.45) is 0 Å². The van der Waals surface area contributed by atoms with Crippen molar-refractivity contribution in [3.05, 3.63) is 24.8 Å². The van der Waals surface area contributed by atoms with Crippen molar-refractivity contribution in [3.63, 3.8) is 0 Å². The Morgan fingerprint density at radius 2 is 1.27 bits per heavy atom. The van der Waals surface area contributed by atoms with Crippen molar-refractivity contribution < 1.29 is 18.6 Å². The monoisotopic (exact) mass is 456 g/mol. The van der Waals surface area contributed by atoms with E-state index < -0.39 is 0 Å². The van der Waals surface area contributed by atoms with E-state index in [1.54, 1.807) is 12.4 Å². The summed E-state index contributed by atoms with van der Waals surface area (Å²) < 4.78 is 25.8. The van der Waals surface area contributed by atoms with E-state index >= 15 is 0 Å². The molecule has 3 fully saturated rings. The Morgan fingerprint density at radius 1 is 0.788 bits per heavy atom. The summed E-state index contributed by atoms with van der Waals surface area (Å²) in [6.07, 6.45) is 12.6. The number of rotatable bonds is 3. The molecule has 0 spiro atoms. The van der Waals surface area contributed by atoms with Gasteiger partial charge in [-0.3, -0.25) is 9.78 Å². The fourth-order valence-electron chi connectivity index (χ4n) is 4.19. The smallest absolute Gasteiger partial charge is 0.399 e. The topological polar surface area (TPSA) is 83.4 Å². The third-order valence-corrected chi connectivity index (χ3v) is 7.89. The number of aromatic nitrogens is 4. The van der Waals surface area contributed by atoms with Crippen LogP contribution in [0, 0.1) is 0 Å². The predicted octanol–water partition coefficient (Wildman–Crippen LogP) is 3.01. The summed E-state index contributed by atoms with van der Waals surface area (Å²) >= 11 is 0. The highest BCUT2D eigenvalue weighted by Gasteiger charge is 2.53. The maximum absolute atomic E-state index is 6.05. The van der Waals surface area contributed by atoms with E-state index in [1.807, 2.05) is 33.9 Å². The Kier molecular flexibility index (Phi) is 6.36. The van der Waals surface area contributed by atoms with Gasteiger partial charge in [0, 0.05) is 35.7 Å². The summed E-state index contributed by atoms with van der Waals surface area (Å²) in [6, 6.07) is 0.566. The normalized spacial score (nSPS) is 25.3. The molecule has 5 rings (SSSR count). The van der Waals surface area contributed by atoms with Gasteiger partial charge < -0.3 is 18.6 Å². The lowest BCUT2D eigenvalue weighted by atomic mass is 9.82. The largest absolute Gasteiger partial charge is 0.498 e. The van der Waals surface area contributed by atoms with Crippen molar-refractivity contribution in [2.45, 2.75) is 110 Å². The standard InChI is InChI=1S/C14H23BN2O2.C9H15BN2O2/c1-13(2)14(3,4)19-15(18-13)11-9-16-17(10-11)12-7-5-6-8-12;1-8(2)9(3,4)14-10(13-8)7-5-11-12-6-7/h9-10,12H,5-8H2,1-4H3;5-6H,1-4H3,(H,11,12). The predicted molar refractivity (Wildman–Crippen MR) is 130 cm³/mol. The molecule has 0 unspecified atom stereocenters. The molecule has 33 heavy (non-hydrogen) atoms. The Bertz CT molecular complexity index is 904. The molecule has 1 saturated carbocycles. The zero-order valence-electron chi connectivity index (χ0n) is 21.3. The van der Waals surface area contributed by atoms with E-state index in [9.17, 15) is 0 Å². The van der Waals surface area contributed by atoms with Crippen LogP contribution >= 0.6 is 0 Å². The van der Waals surface area contributed by atoms with Crippen molar-refractivity contribution in [1.82, 2.24) is 20.0 Å². The lowest BCUT2D eigenvalue weighted by Gasteiger charge is -2.32. The Hall–Kier alpha value is -1.61. The second kappa shape index (κ2) is 8.56. The molecule has 0 aromatic carbocycles. The number of hydrogen-bond acceptors (Lipinski definition) is 6. The number of hydrogen-bond donors (Lipinski definition) is 1. The van der Waals surface area contributed by atoms with Gasteiger partial charge in [-0.05, 0) is 68.2 Å². The lowest BCUT2D eigenvalue weighted by molar-refractivity contribution is 0.00578. The highest BCUT2D eigenvalue weighted by molar-refractivity contribution is 6.62. The molecular weight excluding hydrogens is 418 g/mol. The molecule has 0 radical (unpaired) electrons. The summed E-state index contributed by atoms with van der Waals surface area (Å²) in [4.78, 5) is 0. The average Bonchev–Trinajstić information content (AvgIpc) is 3.51. The molecule has 2 aliphatic heterocycles. The fourth-order valence-corrected chi connectivity index (χ4v) is 4.19. The highest BCUT2D eigenvalue weighted by Crippen LogP contribution is 2.37. The summed E-state index contributed by atoms with van der Waals surface area (Å²) in [7, 11) is -0.598. The van der Waals surface area contributed by atoms with Crippen molar-refractivity contribution >= 4 is 25.2 Å². The SMILES string of the molecule is CC1(C)OB(c2cn[nH]c2)OC1(C)C.CC1(C)OB(c2cnn(C3CCCC3)c2)OC1(C)C. The van der Waals surface area contributed by atoms with Gasteiger partial charge in [0.1, 0.15) is 0 Å². The third-order valence-electron chi connectivity index (χ3n) is 7.89. The highest BCUT2D eigenvalue weighted by atomic mass is 16.7. The summed E-state index contributed by atoms with van der Waals surface area (Å²) in [6.45, 7) is 16.5. The number of aromatic amines is 1. The van der Waals surface area contributed by atoms with Gasteiger partial charge in [-0.15, -0.1) is 0 Å². The van der Waals surface area contributed by atoms with Crippen LogP contribution in [0.5, 0.6) is 0 Å². The second-order valence-electron chi connectivity index (χ2n) is 11.4. The van der Waals surface area contributed by atoms with E-state index in [0.717, 1.165) is 10.9 Å². The Balaban J connectivity index is 0.000000165. The maximum atomic E-state index is 6.05. The molecule has 2 aromatic rings. The van der Waals surface area contributed by atoms with Gasteiger partial charge in [0.15, 0.2) is 0 Å². The molecule has 180 valence electrons. The molecule has 2 aromatic heterocycles. The Labute approximate surface area is 198 Å². The van der Waals surface area contributed by atoms with Crippen LogP contribution in [-0.2, 0) is 18.6 Å². The van der Waals surface area contributed by atoms with Crippen LogP contribution in [0.15, 0.2) is 24.8 Å². The minimum absolute atomic E-state index is 0.283. The molecule has 2 saturated heterocycles. The zero-order chi connectivity index (χ0) is 24.1. The van der Waals surface area contributed by atoms with Crippen molar-refractivity contribution in [1.29, 1.82) is 0 Å². The molecular formula is C23H38B2N4O4. The maximum Gasteiger partial charge on any atom is 0.498 e. The van der Waals surface area contributed by atoms with Crippen LogP contribution in [0.4, 0.5) is 0 Å². The Morgan fingerprint density at radius 3 is 1.73 bits per heavy atom. The van der Waals surface area contributed by atoms with Gasteiger partial charge in [0.05, 0.1) is 28.4 Å². The molecule has 0 amide bonds. The first-order valence-corrected chi connectivity index (χ1v) is 12.1. The van der Waals surface area contributed by atoms with Crippen molar-refractivity contribution in [3.8, 4) is 0 Å². The van der Waals surface area contributed by atoms with E-state index in [4.69, 9.17) is 18.6 Å². The zero-order valence-corrected chi connectivity index (χ0v) is 21.3. The summed E-state index contributed by atoms with van der Waals surface area (Å²) in [5.41, 5.74) is 0.832. The molecule has 0 atom stereocenters. The van der Waals surface area contributed by atoms with E-state index in [-0.39, 0.29) is 36.6 Å². The van der Waals surface area contributed by atoms with Gasteiger partial charge in [-0.25, -0.2) is 0 Å². The van der Waals surface area contributed by atoms with Gasteiger partial charge in [-0.1, -0.05) is 12.8 Å². The van der Waals surface area contributed by atoms with Crippen LogP contribution in [0.25, 0.3) is 0 Å². The molecule has 3 aliphatic rings. The quantitative estimate of drug-likeness (QED) is 0.716. The van der Waals surface area contributed by atoms with E-state index in [1.165, 1.54) is 25.7 Å². The number of H-pyrrole nitrogens is 1. The van der Waals surface area contributed by atoms with Crippen LogP contribution in [0.2, 0.25) is 0 Å².